The Labute approximate surface area is 52.3 Å². The molecule has 0 radical (unpaired) electrons. The van der Waals surface area contributed by atoms with Crippen molar-refractivity contribution in [1.29, 1.82) is 5.41 Å². The zero-order chi connectivity index (χ0) is 7.44. The Kier molecular flexibility index (Phi) is 2.50. The van der Waals surface area contributed by atoms with E-state index in [0.717, 1.165) is 0 Å². The smallest absolute Gasteiger partial charge is 0.415 e. The highest BCUT2D eigenvalue weighted by Crippen LogP contribution is 1.84. The summed E-state index contributed by atoms with van der Waals surface area (Å²) in [5, 5.41) is 15.0. The molecule has 0 saturated carbocycles. The maximum absolute atomic E-state index is 10.0. The van der Waals surface area contributed by atoms with Gasteiger partial charge in [-0.15, -0.1) is 0 Å². The lowest BCUT2D eigenvalue weighted by atomic mass is 10.8. The van der Waals surface area contributed by atoms with Gasteiger partial charge in [0.05, 0.1) is 7.11 Å². The number of carbonyl (C=O) groups is 1. The minimum absolute atomic E-state index is 0.387. The van der Waals surface area contributed by atoms with Gasteiger partial charge in [-0.05, 0) is 0 Å². The highest BCUT2D eigenvalue weighted by molar-refractivity contribution is 5.87. The standard InChI is InChI=1S/C4H8N2O3/c1-6(4(7)8)3(5)9-2/h5H,1-2H3,(H,7,8). The number of nitrogens with one attached hydrogen (secondary N) is 1. The Balaban J connectivity index is 3.88. The molecule has 5 nitrogen and oxygen atoms in total. The van der Waals surface area contributed by atoms with Crippen molar-refractivity contribution >= 4 is 12.1 Å². The Morgan fingerprint density at radius 1 is 1.78 bits per heavy atom. The molecule has 0 aromatic carbocycles. The lowest BCUT2D eigenvalue weighted by Gasteiger charge is -2.10. The number of nitrogens with zero attached hydrogens (tertiary/aromatic N) is 1. The van der Waals surface area contributed by atoms with E-state index in [1.165, 1.54) is 14.2 Å². The van der Waals surface area contributed by atoms with E-state index in [0.29, 0.717) is 4.90 Å². The van der Waals surface area contributed by atoms with Crippen LogP contribution in [-0.2, 0) is 4.74 Å². The van der Waals surface area contributed by atoms with Crippen LogP contribution in [0.4, 0.5) is 4.79 Å². The summed E-state index contributed by atoms with van der Waals surface area (Å²) in [7, 11) is 2.47. The van der Waals surface area contributed by atoms with Crippen LogP contribution < -0.4 is 0 Å². The SMILES string of the molecule is COC(=N)N(C)C(=O)O. The molecule has 52 valence electrons. The largest absolute Gasteiger partial charge is 0.468 e. The zero-order valence-electron chi connectivity index (χ0n) is 5.21. The van der Waals surface area contributed by atoms with Gasteiger partial charge in [0.1, 0.15) is 0 Å². The number of hydrogen-bond donors (Lipinski definition) is 2. The Hall–Kier alpha value is -1.26. The Morgan fingerprint density at radius 2 is 2.22 bits per heavy atom. The predicted molar refractivity (Wildman–Crippen MR) is 30.5 cm³/mol. The average molecular weight is 132 g/mol. The van der Waals surface area contributed by atoms with Crippen LogP contribution in [0.1, 0.15) is 0 Å². The summed E-state index contributed by atoms with van der Waals surface area (Å²) in [6.07, 6.45) is -1.21. The van der Waals surface area contributed by atoms with Gasteiger partial charge in [-0.1, -0.05) is 0 Å². The molecule has 0 heterocycles. The molecule has 0 aromatic heterocycles. The average Bonchev–Trinajstić information content (AvgIpc) is 1.84. The predicted octanol–water partition coefficient (Wildman–Crippen LogP) is 0.177. The number of ether oxygens (including phenoxy) is 1. The molecular formula is C4H8N2O3. The third-order valence-electron chi connectivity index (χ3n) is 0.785. The third-order valence-corrected chi connectivity index (χ3v) is 0.785. The molecule has 0 spiro atoms. The van der Waals surface area contributed by atoms with Crippen LogP contribution in [0.25, 0.3) is 0 Å². The molecule has 0 rings (SSSR count). The first-order chi connectivity index (χ1) is 4.09. The van der Waals surface area contributed by atoms with Crippen molar-refractivity contribution in [3.63, 3.8) is 0 Å². The number of hydrogen-bond acceptors (Lipinski definition) is 3. The van der Waals surface area contributed by atoms with E-state index in [2.05, 4.69) is 4.74 Å². The van der Waals surface area contributed by atoms with Gasteiger partial charge in [0, 0.05) is 7.05 Å². The molecule has 0 fully saturated rings. The van der Waals surface area contributed by atoms with E-state index in [1.54, 1.807) is 0 Å². The Morgan fingerprint density at radius 3 is 2.33 bits per heavy atom. The lowest BCUT2D eigenvalue weighted by Crippen LogP contribution is -2.31. The van der Waals surface area contributed by atoms with Crippen molar-refractivity contribution < 1.29 is 14.6 Å². The molecule has 0 atom stereocenters. The van der Waals surface area contributed by atoms with Crippen LogP contribution in [0.2, 0.25) is 0 Å². The Bertz CT molecular complexity index is 134. The first-order valence-corrected chi connectivity index (χ1v) is 2.18. The summed E-state index contributed by atoms with van der Waals surface area (Å²) < 4.78 is 4.30. The van der Waals surface area contributed by atoms with E-state index in [-0.39, 0.29) is 6.02 Å². The summed E-state index contributed by atoms with van der Waals surface area (Å²) in [4.78, 5) is 10.7. The van der Waals surface area contributed by atoms with Crippen LogP contribution in [-0.4, -0.2) is 36.3 Å². The van der Waals surface area contributed by atoms with Crippen molar-refractivity contribution in [2.45, 2.75) is 0 Å². The van der Waals surface area contributed by atoms with Gasteiger partial charge in [0.15, 0.2) is 0 Å². The second-order valence-corrected chi connectivity index (χ2v) is 1.35. The fourth-order valence-corrected chi connectivity index (χ4v) is 0.224. The number of amides is 1. The molecule has 0 aliphatic carbocycles. The minimum Gasteiger partial charge on any atom is -0.468 e. The molecule has 0 aliphatic heterocycles. The molecule has 0 bridgehead atoms. The van der Waals surface area contributed by atoms with E-state index >= 15 is 0 Å². The quantitative estimate of drug-likeness (QED) is 0.364. The van der Waals surface area contributed by atoms with E-state index < -0.39 is 6.09 Å². The molecule has 0 aliphatic rings. The fraction of sp³-hybridized carbons (Fsp3) is 0.500. The van der Waals surface area contributed by atoms with Crippen molar-refractivity contribution in [3.05, 3.63) is 0 Å². The van der Waals surface area contributed by atoms with Crippen molar-refractivity contribution in [1.82, 2.24) is 4.90 Å². The van der Waals surface area contributed by atoms with Gasteiger partial charge >= 0.3 is 6.09 Å². The normalized spacial score (nSPS) is 8.22. The monoisotopic (exact) mass is 132 g/mol. The van der Waals surface area contributed by atoms with E-state index in [4.69, 9.17) is 10.5 Å². The maximum atomic E-state index is 10.0. The van der Waals surface area contributed by atoms with Crippen LogP contribution >= 0.6 is 0 Å². The molecule has 5 heteroatoms. The van der Waals surface area contributed by atoms with Gasteiger partial charge in [0.2, 0.25) is 0 Å². The van der Waals surface area contributed by atoms with E-state index in [1.807, 2.05) is 0 Å². The maximum Gasteiger partial charge on any atom is 0.415 e. The van der Waals surface area contributed by atoms with Crippen LogP contribution in [0, 0.1) is 5.41 Å². The molecule has 9 heavy (non-hydrogen) atoms. The molecule has 0 saturated heterocycles. The highest BCUT2D eigenvalue weighted by Gasteiger charge is 2.10. The summed E-state index contributed by atoms with van der Waals surface area (Å²) in [6.45, 7) is 0. The summed E-state index contributed by atoms with van der Waals surface area (Å²) in [5.74, 6) is 0. The number of rotatable bonds is 0. The van der Waals surface area contributed by atoms with Crippen molar-refractivity contribution in [3.8, 4) is 0 Å². The summed E-state index contributed by atoms with van der Waals surface area (Å²) in [5.41, 5.74) is 0. The molecule has 1 amide bonds. The zero-order valence-corrected chi connectivity index (χ0v) is 5.21. The molecule has 0 aromatic rings. The van der Waals surface area contributed by atoms with Crippen LogP contribution in [0.3, 0.4) is 0 Å². The van der Waals surface area contributed by atoms with Crippen LogP contribution in [0.5, 0.6) is 0 Å². The minimum atomic E-state index is -1.21. The van der Waals surface area contributed by atoms with Gasteiger partial charge in [0.25, 0.3) is 6.02 Å². The van der Waals surface area contributed by atoms with Gasteiger partial charge in [-0.3, -0.25) is 5.41 Å². The molecule has 0 unspecified atom stereocenters. The van der Waals surface area contributed by atoms with Gasteiger partial charge < -0.3 is 9.84 Å². The topological polar surface area (TPSA) is 73.6 Å². The van der Waals surface area contributed by atoms with Crippen molar-refractivity contribution in [2.24, 2.45) is 0 Å². The number of amidine groups is 1. The second kappa shape index (κ2) is 2.91. The highest BCUT2D eigenvalue weighted by atomic mass is 16.5. The first-order valence-electron chi connectivity index (χ1n) is 2.18. The van der Waals surface area contributed by atoms with Crippen LogP contribution in [0.15, 0.2) is 0 Å². The third kappa shape index (κ3) is 1.98. The van der Waals surface area contributed by atoms with Gasteiger partial charge in [-0.2, -0.15) is 0 Å². The fourth-order valence-electron chi connectivity index (χ4n) is 0.224. The first kappa shape index (κ1) is 7.74. The molecule has 2 N–H and O–H groups in total. The number of methoxy groups -OCH3 is 1. The molecular weight excluding hydrogens is 124 g/mol. The lowest BCUT2D eigenvalue weighted by molar-refractivity contribution is 0.166. The second-order valence-electron chi connectivity index (χ2n) is 1.35. The van der Waals surface area contributed by atoms with Crippen molar-refractivity contribution in [2.75, 3.05) is 14.2 Å². The summed E-state index contributed by atoms with van der Waals surface area (Å²) >= 11 is 0. The number of carboxylic acid groups (broad SMARTS) is 1. The van der Waals surface area contributed by atoms with Gasteiger partial charge in [-0.25, -0.2) is 9.69 Å². The summed E-state index contributed by atoms with van der Waals surface area (Å²) in [6, 6.07) is -0.387. The van der Waals surface area contributed by atoms with E-state index in [9.17, 15) is 4.79 Å².